The standard InChI is InChI=1S/C6H6N6O/c1-2-7-6(8-3-1)4-13-12-5-9-10-11-12/h1-3,5H,4H2. The van der Waals surface area contributed by atoms with Gasteiger partial charge in [0.2, 0.25) is 0 Å². The summed E-state index contributed by atoms with van der Waals surface area (Å²) in [7, 11) is 0. The molecule has 2 rings (SSSR count). The molecule has 7 heteroatoms. The maximum absolute atomic E-state index is 5.09. The van der Waals surface area contributed by atoms with Crippen LogP contribution in [0, 0.1) is 0 Å². The lowest BCUT2D eigenvalue weighted by molar-refractivity contribution is 0.0617. The van der Waals surface area contributed by atoms with Gasteiger partial charge in [-0.3, -0.25) is 0 Å². The first-order valence-corrected chi connectivity index (χ1v) is 3.57. The highest BCUT2D eigenvalue weighted by Gasteiger charge is 1.96. The first kappa shape index (κ1) is 7.59. The Morgan fingerprint density at radius 3 is 2.85 bits per heavy atom. The lowest BCUT2D eigenvalue weighted by atomic mass is 10.6. The molecule has 66 valence electrons. The second-order valence-electron chi connectivity index (χ2n) is 2.15. The molecule has 0 bridgehead atoms. The topological polar surface area (TPSA) is 78.6 Å². The van der Waals surface area contributed by atoms with E-state index < -0.39 is 0 Å². The van der Waals surface area contributed by atoms with Crippen LogP contribution in [0.4, 0.5) is 0 Å². The molecule has 13 heavy (non-hydrogen) atoms. The van der Waals surface area contributed by atoms with E-state index >= 15 is 0 Å². The molecular weight excluding hydrogens is 172 g/mol. The normalized spacial score (nSPS) is 9.85. The van der Waals surface area contributed by atoms with Gasteiger partial charge in [-0.1, -0.05) is 4.85 Å². The van der Waals surface area contributed by atoms with Crippen molar-refractivity contribution in [2.45, 2.75) is 6.61 Å². The molecule has 0 amide bonds. The summed E-state index contributed by atoms with van der Waals surface area (Å²) in [6.07, 6.45) is 4.64. The molecule has 2 aromatic rings. The highest BCUT2D eigenvalue weighted by atomic mass is 16.7. The van der Waals surface area contributed by atoms with E-state index in [1.54, 1.807) is 18.5 Å². The SMILES string of the molecule is c1cnc(COn2cnnn2)nc1. The first-order valence-electron chi connectivity index (χ1n) is 3.57. The second kappa shape index (κ2) is 3.57. The Kier molecular flexibility index (Phi) is 2.08. The van der Waals surface area contributed by atoms with Crippen molar-refractivity contribution in [2.75, 3.05) is 0 Å². The fraction of sp³-hybridized carbons (Fsp3) is 0.167. The van der Waals surface area contributed by atoms with Crippen molar-refractivity contribution in [1.82, 2.24) is 30.3 Å². The zero-order valence-corrected chi connectivity index (χ0v) is 6.61. The lowest BCUT2D eigenvalue weighted by Gasteiger charge is -2.00. The summed E-state index contributed by atoms with van der Waals surface area (Å²) in [6.45, 7) is 0.242. The van der Waals surface area contributed by atoms with Gasteiger partial charge in [-0.15, -0.1) is 5.10 Å². The minimum Gasteiger partial charge on any atom is -0.386 e. The van der Waals surface area contributed by atoms with Crippen LogP contribution in [0.25, 0.3) is 0 Å². The van der Waals surface area contributed by atoms with Crippen LogP contribution in [0.15, 0.2) is 24.8 Å². The maximum Gasteiger partial charge on any atom is 0.179 e. The molecule has 0 N–H and O–H groups in total. The molecule has 0 saturated heterocycles. The minimum absolute atomic E-state index is 0.242. The molecule has 0 aromatic carbocycles. The summed E-state index contributed by atoms with van der Waals surface area (Å²) in [6, 6.07) is 1.74. The summed E-state index contributed by atoms with van der Waals surface area (Å²) in [4.78, 5) is 14.2. The highest BCUT2D eigenvalue weighted by Crippen LogP contribution is 1.87. The van der Waals surface area contributed by atoms with E-state index in [-0.39, 0.29) is 6.61 Å². The van der Waals surface area contributed by atoms with Gasteiger partial charge in [0.15, 0.2) is 18.8 Å². The average Bonchev–Trinajstić information content (AvgIpc) is 2.69. The molecular formula is C6H6N6O. The van der Waals surface area contributed by atoms with Crippen LogP contribution in [0.1, 0.15) is 5.82 Å². The van der Waals surface area contributed by atoms with Crippen molar-refractivity contribution < 1.29 is 4.84 Å². The molecule has 0 saturated carbocycles. The Bertz CT molecular complexity index is 347. The van der Waals surface area contributed by atoms with Gasteiger partial charge in [0.05, 0.1) is 0 Å². The average molecular weight is 178 g/mol. The fourth-order valence-corrected chi connectivity index (χ4v) is 0.740. The number of tetrazole rings is 1. The predicted octanol–water partition coefficient (Wildman–Crippen LogP) is -0.908. The molecule has 0 unspecified atom stereocenters. The molecule has 7 nitrogen and oxygen atoms in total. The first-order chi connectivity index (χ1) is 6.45. The number of rotatable bonds is 3. The van der Waals surface area contributed by atoms with Crippen LogP contribution < -0.4 is 4.84 Å². The van der Waals surface area contributed by atoms with Crippen LogP contribution in [0.3, 0.4) is 0 Å². The Balaban J connectivity index is 1.94. The monoisotopic (exact) mass is 178 g/mol. The fourth-order valence-electron chi connectivity index (χ4n) is 0.740. The maximum atomic E-state index is 5.09. The number of hydrogen-bond acceptors (Lipinski definition) is 6. The molecule has 0 spiro atoms. The Morgan fingerprint density at radius 2 is 2.15 bits per heavy atom. The molecule has 2 heterocycles. The number of hydrogen-bond donors (Lipinski definition) is 0. The summed E-state index contributed by atoms with van der Waals surface area (Å²) in [5, 5.41) is 10.3. The van der Waals surface area contributed by atoms with Crippen molar-refractivity contribution in [1.29, 1.82) is 0 Å². The van der Waals surface area contributed by atoms with Crippen molar-refractivity contribution in [3.8, 4) is 0 Å². The van der Waals surface area contributed by atoms with Crippen molar-refractivity contribution in [3.05, 3.63) is 30.6 Å². The summed E-state index contributed by atoms with van der Waals surface area (Å²) < 4.78 is 0. The van der Waals surface area contributed by atoms with Crippen molar-refractivity contribution in [3.63, 3.8) is 0 Å². The highest BCUT2D eigenvalue weighted by molar-refractivity contribution is 4.86. The van der Waals surface area contributed by atoms with Crippen LogP contribution in [-0.2, 0) is 6.61 Å². The molecule has 0 radical (unpaired) electrons. The molecule has 0 aliphatic carbocycles. The second-order valence-corrected chi connectivity index (χ2v) is 2.15. The van der Waals surface area contributed by atoms with Crippen LogP contribution in [-0.4, -0.2) is 30.3 Å². The number of nitrogens with zero attached hydrogens (tertiary/aromatic N) is 6. The lowest BCUT2D eigenvalue weighted by Crippen LogP contribution is -2.13. The largest absolute Gasteiger partial charge is 0.386 e. The molecule has 0 atom stereocenters. The predicted molar refractivity (Wildman–Crippen MR) is 40.1 cm³/mol. The summed E-state index contributed by atoms with van der Waals surface area (Å²) in [5.74, 6) is 0.581. The smallest absolute Gasteiger partial charge is 0.179 e. The van der Waals surface area contributed by atoms with Crippen molar-refractivity contribution >= 4 is 0 Å². The van der Waals surface area contributed by atoms with E-state index in [4.69, 9.17) is 4.84 Å². The third kappa shape index (κ3) is 1.95. The van der Waals surface area contributed by atoms with Gasteiger partial charge in [0.1, 0.15) is 0 Å². The van der Waals surface area contributed by atoms with Gasteiger partial charge in [-0.2, -0.15) is 0 Å². The van der Waals surface area contributed by atoms with Gasteiger partial charge in [-0.25, -0.2) is 9.97 Å². The summed E-state index contributed by atoms with van der Waals surface area (Å²) >= 11 is 0. The van der Waals surface area contributed by atoms with E-state index in [1.165, 1.54) is 6.33 Å². The van der Waals surface area contributed by atoms with Crippen LogP contribution in [0.2, 0.25) is 0 Å². The van der Waals surface area contributed by atoms with E-state index in [9.17, 15) is 0 Å². The molecule has 0 aliphatic rings. The van der Waals surface area contributed by atoms with E-state index in [1.807, 2.05) is 0 Å². The third-order valence-electron chi connectivity index (χ3n) is 1.28. The Hall–Kier alpha value is -2.05. The Labute approximate surface area is 73.3 Å². The quantitative estimate of drug-likeness (QED) is 0.605. The minimum atomic E-state index is 0.242. The third-order valence-corrected chi connectivity index (χ3v) is 1.28. The zero-order chi connectivity index (χ0) is 8.93. The Morgan fingerprint density at radius 1 is 1.31 bits per heavy atom. The van der Waals surface area contributed by atoms with E-state index in [0.717, 1.165) is 4.85 Å². The zero-order valence-electron chi connectivity index (χ0n) is 6.61. The molecule has 0 aliphatic heterocycles. The summed E-state index contributed by atoms with van der Waals surface area (Å²) in [5.41, 5.74) is 0. The van der Waals surface area contributed by atoms with Gasteiger partial charge >= 0.3 is 0 Å². The van der Waals surface area contributed by atoms with Gasteiger partial charge in [0.25, 0.3) is 0 Å². The van der Waals surface area contributed by atoms with Gasteiger partial charge in [0, 0.05) is 12.4 Å². The van der Waals surface area contributed by atoms with Crippen molar-refractivity contribution in [2.24, 2.45) is 0 Å². The van der Waals surface area contributed by atoms with Gasteiger partial charge in [-0.05, 0) is 16.5 Å². The van der Waals surface area contributed by atoms with Crippen LogP contribution in [0.5, 0.6) is 0 Å². The number of aromatic nitrogens is 6. The van der Waals surface area contributed by atoms with E-state index in [2.05, 4.69) is 25.5 Å². The molecule has 2 aromatic heterocycles. The van der Waals surface area contributed by atoms with E-state index in [0.29, 0.717) is 5.82 Å². The molecule has 0 fully saturated rings. The van der Waals surface area contributed by atoms with Crippen LogP contribution >= 0.6 is 0 Å². The van der Waals surface area contributed by atoms with Gasteiger partial charge < -0.3 is 4.84 Å².